The van der Waals surface area contributed by atoms with Crippen molar-refractivity contribution in [1.29, 1.82) is 0 Å². The zero-order chi connectivity index (χ0) is 13.7. The van der Waals surface area contributed by atoms with Crippen molar-refractivity contribution < 1.29 is 9.53 Å². The Bertz CT molecular complexity index is 465. The number of hydrogen-bond donors (Lipinski definition) is 1. The number of nitrogens with zero attached hydrogens (tertiary/aromatic N) is 1. The molecule has 0 radical (unpaired) electrons. The molecule has 0 amide bonds. The van der Waals surface area contributed by atoms with Crippen molar-refractivity contribution in [1.82, 2.24) is 0 Å². The molecule has 0 atom stereocenters. The monoisotopic (exact) mass is 330 g/mol. The number of nitrogens with two attached hydrogens (primary N) is 1. The van der Waals surface area contributed by atoms with Crippen molar-refractivity contribution in [2.24, 2.45) is 5.73 Å². The third kappa shape index (κ3) is 3.96. The Hall–Kier alpha value is -1.14. The van der Waals surface area contributed by atoms with E-state index in [0.717, 1.165) is 15.7 Å². The van der Waals surface area contributed by atoms with E-state index >= 15 is 0 Å². The minimum atomic E-state index is -0.240. The van der Waals surface area contributed by atoms with Gasteiger partial charge >= 0.3 is 5.97 Å². The van der Waals surface area contributed by atoms with Crippen LogP contribution in [0.4, 0.5) is 5.69 Å². The molecule has 98 valence electrons. The number of hydrogen-bond acceptors (Lipinski definition) is 4. The minimum absolute atomic E-state index is 0.240. The fourth-order valence-corrected chi connectivity index (χ4v) is 2.04. The second-order valence-electron chi connectivity index (χ2n) is 3.77. The van der Waals surface area contributed by atoms with Gasteiger partial charge in [0, 0.05) is 29.3 Å². The third-order valence-electron chi connectivity index (χ3n) is 2.51. The summed E-state index contributed by atoms with van der Waals surface area (Å²) in [5, 5.41) is 0. The number of benzene rings is 1. The molecule has 0 fully saturated rings. The molecular weight excluding hydrogens is 316 g/mol. The number of esters is 1. The Labute approximate surface area is 120 Å². The van der Waals surface area contributed by atoms with Gasteiger partial charge in [-0.15, -0.1) is 0 Å². The largest absolute Gasteiger partial charge is 0.469 e. The van der Waals surface area contributed by atoms with Crippen molar-refractivity contribution in [2.45, 2.75) is 6.42 Å². The molecule has 0 saturated heterocycles. The van der Waals surface area contributed by atoms with Crippen LogP contribution in [0.3, 0.4) is 0 Å². The van der Waals surface area contributed by atoms with Crippen molar-refractivity contribution in [2.75, 3.05) is 25.6 Å². The topological polar surface area (TPSA) is 55.6 Å². The lowest BCUT2D eigenvalue weighted by Gasteiger charge is -2.21. The Morgan fingerprint density at radius 1 is 1.56 bits per heavy atom. The molecule has 1 rings (SSSR count). The zero-order valence-corrected chi connectivity index (χ0v) is 12.7. The van der Waals surface area contributed by atoms with Gasteiger partial charge in [-0.3, -0.25) is 4.79 Å². The first kappa shape index (κ1) is 14.9. The van der Waals surface area contributed by atoms with Crippen molar-refractivity contribution >= 4 is 44.8 Å². The van der Waals surface area contributed by atoms with Gasteiger partial charge in [0.05, 0.1) is 13.5 Å². The van der Waals surface area contributed by atoms with Crippen LogP contribution in [0.2, 0.25) is 0 Å². The highest BCUT2D eigenvalue weighted by Crippen LogP contribution is 2.24. The normalized spacial score (nSPS) is 9.94. The molecule has 0 bridgehead atoms. The summed E-state index contributed by atoms with van der Waals surface area (Å²) >= 11 is 8.40. The predicted octanol–water partition coefficient (Wildman–Crippen LogP) is 2.08. The van der Waals surface area contributed by atoms with E-state index in [1.165, 1.54) is 7.11 Å². The molecule has 4 nitrogen and oxygen atoms in total. The van der Waals surface area contributed by atoms with Gasteiger partial charge in [0.25, 0.3) is 0 Å². The summed E-state index contributed by atoms with van der Waals surface area (Å²) in [4.78, 5) is 13.4. The van der Waals surface area contributed by atoms with E-state index in [4.69, 9.17) is 18.0 Å². The third-order valence-corrected chi connectivity index (χ3v) is 3.23. The van der Waals surface area contributed by atoms with Crippen LogP contribution in [0.5, 0.6) is 0 Å². The maximum Gasteiger partial charge on any atom is 0.307 e. The number of halogens is 1. The van der Waals surface area contributed by atoms with E-state index in [1.807, 2.05) is 30.1 Å². The summed E-state index contributed by atoms with van der Waals surface area (Å²) in [6, 6.07) is 5.69. The van der Waals surface area contributed by atoms with E-state index in [1.54, 1.807) is 0 Å². The SMILES string of the molecule is COC(=O)CCN(C)c1ccc(Br)cc1C(N)=S. The lowest BCUT2D eigenvalue weighted by atomic mass is 10.1. The second-order valence-corrected chi connectivity index (χ2v) is 5.13. The number of ether oxygens (including phenoxy) is 1. The average molecular weight is 331 g/mol. The van der Waals surface area contributed by atoms with Crippen molar-refractivity contribution in [3.05, 3.63) is 28.2 Å². The van der Waals surface area contributed by atoms with E-state index in [-0.39, 0.29) is 5.97 Å². The average Bonchev–Trinajstić information content (AvgIpc) is 2.35. The molecule has 1 aromatic rings. The van der Waals surface area contributed by atoms with E-state index < -0.39 is 0 Å². The first-order chi connectivity index (χ1) is 8.45. The summed E-state index contributed by atoms with van der Waals surface area (Å²) in [5.41, 5.74) is 7.38. The maximum atomic E-state index is 11.1. The van der Waals surface area contributed by atoms with Gasteiger partial charge in [-0.2, -0.15) is 0 Å². The van der Waals surface area contributed by atoms with Crippen LogP contribution in [0.1, 0.15) is 12.0 Å². The van der Waals surface area contributed by atoms with Gasteiger partial charge in [-0.05, 0) is 18.2 Å². The molecule has 0 aliphatic rings. The molecule has 0 unspecified atom stereocenters. The number of rotatable bonds is 5. The van der Waals surface area contributed by atoms with Crippen LogP contribution in [0.25, 0.3) is 0 Å². The van der Waals surface area contributed by atoms with E-state index in [9.17, 15) is 4.79 Å². The van der Waals surface area contributed by atoms with Gasteiger partial charge < -0.3 is 15.4 Å². The highest BCUT2D eigenvalue weighted by molar-refractivity contribution is 9.10. The Kier molecular flexibility index (Phi) is 5.55. The summed E-state index contributed by atoms with van der Waals surface area (Å²) in [7, 11) is 3.26. The van der Waals surface area contributed by atoms with Crippen LogP contribution < -0.4 is 10.6 Å². The van der Waals surface area contributed by atoms with Crippen LogP contribution in [0, 0.1) is 0 Å². The molecular formula is C12H15BrN2O2S. The molecule has 6 heteroatoms. The number of anilines is 1. The maximum absolute atomic E-state index is 11.1. The van der Waals surface area contributed by atoms with Gasteiger partial charge in [-0.25, -0.2) is 0 Å². The molecule has 18 heavy (non-hydrogen) atoms. The molecule has 1 aromatic carbocycles. The highest BCUT2D eigenvalue weighted by atomic mass is 79.9. The van der Waals surface area contributed by atoms with Gasteiger partial charge in [0.15, 0.2) is 0 Å². The van der Waals surface area contributed by atoms with Crippen molar-refractivity contribution in [3.63, 3.8) is 0 Å². The highest BCUT2D eigenvalue weighted by Gasteiger charge is 2.11. The van der Waals surface area contributed by atoms with E-state index in [2.05, 4.69) is 20.7 Å². The Morgan fingerprint density at radius 3 is 2.78 bits per heavy atom. The summed E-state index contributed by atoms with van der Waals surface area (Å²) in [6.07, 6.45) is 0.319. The number of carbonyl (C=O) groups is 1. The zero-order valence-electron chi connectivity index (χ0n) is 10.3. The molecule has 2 N–H and O–H groups in total. The second kappa shape index (κ2) is 6.70. The first-order valence-corrected chi connectivity index (χ1v) is 6.53. The van der Waals surface area contributed by atoms with Crippen LogP contribution in [-0.4, -0.2) is 31.7 Å². The van der Waals surface area contributed by atoms with E-state index in [0.29, 0.717) is 18.0 Å². The number of methoxy groups -OCH3 is 1. The summed E-state index contributed by atoms with van der Waals surface area (Å²) < 4.78 is 5.52. The lowest BCUT2D eigenvalue weighted by molar-refractivity contribution is -0.140. The molecule has 0 aromatic heterocycles. The van der Waals surface area contributed by atoms with Crippen LogP contribution in [-0.2, 0) is 9.53 Å². The summed E-state index contributed by atoms with van der Waals surface area (Å²) in [6.45, 7) is 0.546. The molecule has 0 spiro atoms. The number of carbonyl (C=O) groups excluding carboxylic acids is 1. The van der Waals surface area contributed by atoms with Crippen molar-refractivity contribution in [3.8, 4) is 0 Å². The van der Waals surface area contributed by atoms with Gasteiger partial charge in [0.2, 0.25) is 0 Å². The molecule has 0 saturated carbocycles. The Morgan fingerprint density at radius 2 is 2.22 bits per heavy atom. The van der Waals surface area contributed by atoms with Crippen LogP contribution >= 0.6 is 28.1 Å². The quantitative estimate of drug-likeness (QED) is 0.661. The smallest absolute Gasteiger partial charge is 0.307 e. The minimum Gasteiger partial charge on any atom is -0.469 e. The lowest BCUT2D eigenvalue weighted by Crippen LogP contribution is -2.24. The van der Waals surface area contributed by atoms with Gasteiger partial charge in [0.1, 0.15) is 4.99 Å². The fourth-order valence-electron chi connectivity index (χ4n) is 1.52. The standard InChI is InChI=1S/C12H15BrN2O2S/c1-15(6-5-11(16)17-2)10-4-3-8(13)7-9(10)12(14)18/h3-4,7H,5-6H2,1-2H3,(H2,14,18). The summed E-state index contributed by atoms with van der Waals surface area (Å²) in [5.74, 6) is -0.240. The van der Waals surface area contributed by atoms with Gasteiger partial charge in [-0.1, -0.05) is 28.1 Å². The fraction of sp³-hybridized carbons (Fsp3) is 0.333. The predicted molar refractivity (Wildman–Crippen MR) is 79.9 cm³/mol. The number of thiocarbonyl (C=S) groups is 1. The molecule has 0 aliphatic carbocycles. The Balaban J connectivity index is 2.88. The molecule has 0 heterocycles. The molecule has 0 aliphatic heterocycles. The van der Waals surface area contributed by atoms with Crippen LogP contribution in [0.15, 0.2) is 22.7 Å². The first-order valence-electron chi connectivity index (χ1n) is 5.33.